The molecule has 3 nitrogen and oxygen atoms in total. The fourth-order valence-corrected chi connectivity index (χ4v) is 6.78. The Hall–Kier alpha value is -6.58. The highest BCUT2D eigenvalue weighted by Crippen LogP contribution is 2.34. The zero-order valence-electron chi connectivity index (χ0n) is 26.7. The van der Waals surface area contributed by atoms with Crippen molar-refractivity contribution in [2.24, 2.45) is 0 Å². The van der Waals surface area contributed by atoms with Crippen LogP contribution in [0.4, 0.5) is 0 Å². The van der Waals surface area contributed by atoms with E-state index in [1.54, 1.807) is 0 Å². The van der Waals surface area contributed by atoms with Crippen LogP contribution in [0.3, 0.4) is 0 Å². The van der Waals surface area contributed by atoms with Gasteiger partial charge in [0.1, 0.15) is 0 Å². The minimum atomic E-state index is 0.711. The van der Waals surface area contributed by atoms with Crippen LogP contribution in [0.2, 0.25) is 0 Å². The molecule has 0 aliphatic rings. The summed E-state index contributed by atoms with van der Waals surface area (Å²) in [5, 5.41) is 2.53. The summed E-state index contributed by atoms with van der Waals surface area (Å²) in [5.41, 5.74) is 13.1. The predicted octanol–water partition coefficient (Wildman–Crippen LogP) is 11.9. The molecule has 0 unspecified atom stereocenters. The maximum Gasteiger partial charge on any atom is 0.160 e. The highest BCUT2D eigenvalue weighted by Gasteiger charge is 2.14. The van der Waals surface area contributed by atoms with E-state index in [0.717, 1.165) is 44.9 Å². The van der Waals surface area contributed by atoms with Crippen molar-refractivity contribution >= 4 is 21.8 Å². The molecule has 0 atom stereocenters. The van der Waals surface area contributed by atoms with Gasteiger partial charge in [0.15, 0.2) is 5.82 Å². The van der Waals surface area contributed by atoms with Gasteiger partial charge in [0.25, 0.3) is 0 Å². The summed E-state index contributed by atoms with van der Waals surface area (Å²) in [6.07, 6.45) is 0. The molecule has 0 radical (unpaired) electrons. The first-order valence-corrected chi connectivity index (χ1v) is 16.6. The summed E-state index contributed by atoms with van der Waals surface area (Å²) in [7, 11) is 0. The lowest BCUT2D eigenvalue weighted by molar-refractivity contribution is 1.18. The average Bonchev–Trinajstić information content (AvgIpc) is 3.53. The Morgan fingerprint density at radius 2 is 0.735 bits per heavy atom. The zero-order chi connectivity index (χ0) is 32.6. The SMILES string of the molecule is c1ccc(-c2ccc(-c3cc(-c4ccc(-c5cccc(-n6c7ccccc7c7ccccc76)c5)cc4)nc(-c4ccccc4)n3)cc2)cc1. The molecule has 0 saturated heterocycles. The summed E-state index contributed by atoms with van der Waals surface area (Å²) >= 11 is 0. The van der Waals surface area contributed by atoms with E-state index in [9.17, 15) is 0 Å². The van der Waals surface area contributed by atoms with Crippen LogP contribution in [0.5, 0.6) is 0 Å². The van der Waals surface area contributed by atoms with Gasteiger partial charge in [-0.1, -0.05) is 158 Å². The Balaban J connectivity index is 1.09. The molecule has 49 heavy (non-hydrogen) atoms. The van der Waals surface area contributed by atoms with E-state index >= 15 is 0 Å². The number of rotatable bonds is 6. The van der Waals surface area contributed by atoms with E-state index in [1.807, 2.05) is 24.3 Å². The average molecular weight is 626 g/mol. The quantitative estimate of drug-likeness (QED) is 0.184. The van der Waals surface area contributed by atoms with Crippen molar-refractivity contribution in [2.75, 3.05) is 0 Å². The van der Waals surface area contributed by atoms with Crippen molar-refractivity contribution in [1.29, 1.82) is 0 Å². The maximum atomic E-state index is 5.06. The molecule has 2 heterocycles. The summed E-state index contributed by atoms with van der Waals surface area (Å²) in [6.45, 7) is 0. The van der Waals surface area contributed by atoms with Gasteiger partial charge in [-0.25, -0.2) is 9.97 Å². The van der Waals surface area contributed by atoms with Crippen LogP contribution in [-0.2, 0) is 0 Å². The minimum absolute atomic E-state index is 0.711. The van der Waals surface area contributed by atoms with Gasteiger partial charge >= 0.3 is 0 Å². The Labute approximate surface area is 285 Å². The standard InChI is InChI=1S/C46H31N3/c1-3-12-32(13-4-1)33-22-26-35(27-23-33)42-31-43(48-46(47-42)37-14-5-2-6-15-37)36-28-24-34(25-29-36)38-16-11-17-39(30-38)49-44-20-9-7-18-40(44)41-19-8-10-21-45(41)49/h1-31H. The lowest BCUT2D eigenvalue weighted by Crippen LogP contribution is -1.96. The van der Waals surface area contributed by atoms with Crippen molar-refractivity contribution in [3.8, 4) is 61.8 Å². The number of nitrogens with zero attached hydrogens (tertiary/aromatic N) is 3. The molecule has 0 bridgehead atoms. The first kappa shape index (κ1) is 28.6. The summed E-state index contributed by atoms with van der Waals surface area (Å²) in [4.78, 5) is 10.1. The number of para-hydroxylation sites is 2. The molecule has 0 amide bonds. The van der Waals surface area contributed by atoms with E-state index in [0.29, 0.717) is 5.82 Å². The summed E-state index contributed by atoms with van der Waals surface area (Å²) in [6, 6.07) is 66.2. The largest absolute Gasteiger partial charge is 0.309 e. The van der Waals surface area contributed by atoms with Gasteiger partial charge in [-0.15, -0.1) is 0 Å². The third-order valence-corrected chi connectivity index (χ3v) is 9.24. The Morgan fingerprint density at radius 1 is 0.306 bits per heavy atom. The smallest absolute Gasteiger partial charge is 0.160 e. The molecular formula is C46H31N3. The topological polar surface area (TPSA) is 30.7 Å². The second kappa shape index (κ2) is 12.2. The predicted molar refractivity (Wildman–Crippen MR) is 204 cm³/mol. The van der Waals surface area contributed by atoms with Crippen LogP contribution in [0.1, 0.15) is 0 Å². The van der Waals surface area contributed by atoms with Gasteiger partial charge in [-0.2, -0.15) is 0 Å². The lowest BCUT2D eigenvalue weighted by atomic mass is 10.00. The zero-order valence-corrected chi connectivity index (χ0v) is 26.7. The van der Waals surface area contributed by atoms with Crippen molar-refractivity contribution in [1.82, 2.24) is 14.5 Å². The Morgan fingerprint density at radius 3 is 1.31 bits per heavy atom. The van der Waals surface area contributed by atoms with Crippen LogP contribution in [0.15, 0.2) is 188 Å². The van der Waals surface area contributed by atoms with Gasteiger partial charge in [0.05, 0.1) is 22.4 Å². The second-order valence-corrected chi connectivity index (χ2v) is 12.3. The first-order valence-electron chi connectivity index (χ1n) is 16.6. The Kier molecular flexibility index (Phi) is 7.14. The fourth-order valence-electron chi connectivity index (χ4n) is 6.78. The summed E-state index contributed by atoms with van der Waals surface area (Å²) in [5.74, 6) is 0.711. The van der Waals surface area contributed by atoms with Gasteiger partial charge in [-0.3, -0.25) is 0 Å². The van der Waals surface area contributed by atoms with E-state index < -0.39 is 0 Å². The first-order chi connectivity index (χ1) is 24.3. The molecule has 9 aromatic rings. The molecule has 3 heteroatoms. The van der Waals surface area contributed by atoms with Crippen LogP contribution < -0.4 is 0 Å². The van der Waals surface area contributed by atoms with Crippen molar-refractivity contribution < 1.29 is 0 Å². The van der Waals surface area contributed by atoms with Crippen LogP contribution >= 0.6 is 0 Å². The third kappa shape index (κ3) is 5.38. The van der Waals surface area contributed by atoms with Crippen LogP contribution in [0, 0.1) is 0 Å². The number of benzene rings is 7. The number of hydrogen-bond donors (Lipinski definition) is 0. The summed E-state index contributed by atoms with van der Waals surface area (Å²) < 4.78 is 2.36. The van der Waals surface area contributed by atoms with Crippen LogP contribution in [0.25, 0.3) is 83.6 Å². The third-order valence-electron chi connectivity index (χ3n) is 9.24. The normalized spacial score (nSPS) is 11.3. The van der Waals surface area contributed by atoms with E-state index in [1.165, 1.54) is 32.9 Å². The van der Waals surface area contributed by atoms with Gasteiger partial charge in [0.2, 0.25) is 0 Å². The molecule has 0 N–H and O–H groups in total. The molecule has 0 spiro atoms. The van der Waals surface area contributed by atoms with E-state index in [2.05, 4.69) is 168 Å². The molecule has 0 saturated carbocycles. The molecule has 230 valence electrons. The number of hydrogen-bond acceptors (Lipinski definition) is 2. The molecule has 2 aromatic heterocycles. The molecular weight excluding hydrogens is 595 g/mol. The molecule has 9 rings (SSSR count). The minimum Gasteiger partial charge on any atom is -0.309 e. The van der Waals surface area contributed by atoms with Gasteiger partial charge in [0, 0.05) is 33.2 Å². The second-order valence-electron chi connectivity index (χ2n) is 12.3. The molecule has 0 aliphatic carbocycles. The molecule has 0 aliphatic heterocycles. The monoisotopic (exact) mass is 625 g/mol. The molecule has 7 aromatic carbocycles. The number of aromatic nitrogens is 3. The highest BCUT2D eigenvalue weighted by molar-refractivity contribution is 6.09. The van der Waals surface area contributed by atoms with Gasteiger partial charge < -0.3 is 4.57 Å². The van der Waals surface area contributed by atoms with Crippen LogP contribution in [-0.4, -0.2) is 14.5 Å². The van der Waals surface area contributed by atoms with Crippen molar-refractivity contribution in [3.63, 3.8) is 0 Å². The van der Waals surface area contributed by atoms with Crippen molar-refractivity contribution in [3.05, 3.63) is 188 Å². The van der Waals surface area contributed by atoms with Crippen molar-refractivity contribution in [2.45, 2.75) is 0 Å². The van der Waals surface area contributed by atoms with E-state index in [-0.39, 0.29) is 0 Å². The molecule has 0 fully saturated rings. The fraction of sp³-hybridized carbons (Fsp3) is 0. The highest BCUT2D eigenvalue weighted by atomic mass is 15.0. The van der Waals surface area contributed by atoms with Gasteiger partial charge in [-0.05, 0) is 52.6 Å². The lowest BCUT2D eigenvalue weighted by Gasteiger charge is -2.12. The number of fused-ring (bicyclic) bond motifs is 3. The Bertz CT molecular complexity index is 2510. The van der Waals surface area contributed by atoms with E-state index in [4.69, 9.17) is 9.97 Å². The maximum absolute atomic E-state index is 5.06.